The van der Waals surface area contributed by atoms with E-state index in [0.717, 1.165) is 0 Å². The summed E-state index contributed by atoms with van der Waals surface area (Å²) in [7, 11) is 0. The van der Waals surface area contributed by atoms with Gasteiger partial charge in [-0.05, 0) is 26.2 Å². The molecule has 1 fully saturated rings. The van der Waals surface area contributed by atoms with Crippen LogP contribution < -0.4 is 0 Å². The van der Waals surface area contributed by atoms with Gasteiger partial charge in [-0.2, -0.15) is 0 Å². The lowest BCUT2D eigenvalue weighted by Gasteiger charge is -2.22. The molecule has 0 aliphatic carbocycles. The Bertz CT molecular complexity index is 174. The molecule has 1 aliphatic heterocycles. The van der Waals surface area contributed by atoms with Gasteiger partial charge in [0, 0.05) is 0 Å². The van der Waals surface area contributed by atoms with E-state index in [2.05, 4.69) is 0 Å². The molecule has 0 spiro atoms. The van der Waals surface area contributed by atoms with Crippen LogP contribution in [0.2, 0.25) is 0 Å². The van der Waals surface area contributed by atoms with E-state index in [-0.39, 0.29) is 5.60 Å². The van der Waals surface area contributed by atoms with Crippen LogP contribution in [0.3, 0.4) is 0 Å². The second-order valence-corrected chi connectivity index (χ2v) is 3.68. The monoisotopic (exact) mass is 158 g/mol. The zero-order valence-corrected chi connectivity index (χ0v) is 7.13. The summed E-state index contributed by atoms with van der Waals surface area (Å²) in [6, 6.07) is 0. The van der Waals surface area contributed by atoms with Gasteiger partial charge < -0.3 is 9.84 Å². The molecular weight excluding hydrogens is 144 g/mol. The molecule has 11 heavy (non-hydrogen) atoms. The molecule has 0 aromatic carbocycles. The van der Waals surface area contributed by atoms with Crippen LogP contribution in [0.5, 0.6) is 0 Å². The third-order valence-electron chi connectivity index (χ3n) is 2.48. The van der Waals surface area contributed by atoms with Crippen molar-refractivity contribution in [1.82, 2.24) is 0 Å². The normalized spacial score (nSPS) is 35.5. The van der Waals surface area contributed by atoms with Gasteiger partial charge in [0.2, 0.25) is 0 Å². The molecule has 0 unspecified atom stereocenters. The van der Waals surface area contributed by atoms with Gasteiger partial charge in [0.25, 0.3) is 0 Å². The van der Waals surface area contributed by atoms with E-state index >= 15 is 0 Å². The van der Waals surface area contributed by atoms with Gasteiger partial charge in [-0.15, -0.1) is 0 Å². The maximum atomic E-state index is 10.5. The van der Waals surface area contributed by atoms with E-state index in [1.807, 2.05) is 20.8 Å². The molecule has 0 bridgehead atoms. The predicted molar refractivity (Wildman–Crippen MR) is 40.4 cm³/mol. The van der Waals surface area contributed by atoms with E-state index < -0.39 is 12.1 Å². The van der Waals surface area contributed by atoms with E-state index in [4.69, 9.17) is 9.84 Å². The van der Waals surface area contributed by atoms with Crippen LogP contribution in [0, 0.1) is 5.92 Å². The summed E-state index contributed by atoms with van der Waals surface area (Å²) in [5.41, 5.74) is -0.275. The summed E-state index contributed by atoms with van der Waals surface area (Å²) in [5, 5.41) is 8.64. The number of aliphatic carboxylic acids is 1. The smallest absolute Gasteiger partial charge is 0.332 e. The van der Waals surface area contributed by atoms with E-state index in [0.29, 0.717) is 12.3 Å². The Morgan fingerprint density at radius 1 is 1.64 bits per heavy atom. The Kier molecular flexibility index (Phi) is 1.92. The standard InChI is InChI=1S/C8H14O3/c1-5-4-6(7(9)10)11-8(5,2)3/h5-6H,4H2,1-3H3,(H,9,10)/t5-,6+/m1/s1. The molecular formula is C8H14O3. The predicted octanol–water partition coefficient (Wildman–Crippen LogP) is 1.27. The average Bonchev–Trinajstić information content (AvgIpc) is 2.08. The maximum Gasteiger partial charge on any atom is 0.332 e. The molecule has 2 atom stereocenters. The molecule has 64 valence electrons. The van der Waals surface area contributed by atoms with Gasteiger partial charge in [-0.3, -0.25) is 0 Å². The van der Waals surface area contributed by atoms with E-state index in [1.165, 1.54) is 0 Å². The van der Waals surface area contributed by atoms with Crippen LogP contribution in [0.15, 0.2) is 0 Å². The molecule has 1 aliphatic rings. The van der Waals surface area contributed by atoms with Crippen LogP contribution in [-0.4, -0.2) is 22.8 Å². The van der Waals surface area contributed by atoms with Crippen molar-refractivity contribution in [3.63, 3.8) is 0 Å². The summed E-state index contributed by atoms with van der Waals surface area (Å²) in [5.74, 6) is -0.522. The fourth-order valence-electron chi connectivity index (χ4n) is 1.29. The Balaban J connectivity index is 2.64. The van der Waals surface area contributed by atoms with Crippen LogP contribution in [0.4, 0.5) is 0 Å². The van der Waals surface area contributed by atoms with Crippen molar-refractivity contribution in [2.75, 3.05) is 0 Å². The van der Waals surface area contributed by atoms with Gasteiger partial charge in [-0.25, -0.2) is 4.79 Å². The molecule has 1 rings (SSSR count). The molecule has 0 amide bonds. The number of hydrogen-bond donors (Lipinski definition) is 1. The highest BCUT2D eigenvalue weighted by Crippen LogP contribution is 2.35. The first-order chi connectivity index (χ1) is 4.93. The summed E-state index contributed by atoms with van der Waals surface area (Å²) >= 11 is 0. The second kappa shape index (κ2) is 2.48. The molecule has 0 saturated carbocycles. The molecule has 3 heteroatoms. The number of ether oxygens (including phenoxy) is 1. The number of rotatable bonds is 1. The third-order valence-corrected chi connectivity index (χ3v) is 2.48. The average molecular weight is 158 g/mol. The van der Waals surface area contributed by atoms with Crippen molar-refractivity contribution in [1.29, 1.82) is 0 Å². The first-order valence-corrected chi connectivity index (χ1v) is 3.84. The van der Waals surface area contributed by atoms with Crippen molar-refractivity contribution in [3.05, 3.63) is 0 Å². The minimum absolute atomic E-state index is 0.275. The Labute approximate surface area is 66.4 Å². The maximum absolute atomic E-state index is 10.5. The summed E-state index contributed by atoms with van der Waals surface area (Å²) in [4.78, 5) is 10.5. The second-order valence-electron chi connectivity index (χ2n) is 3.68. The van der Waals surface area contributed by atoms with E-state index in [1.54, 1.807) is 0 Å². The van der Waals surface area contributed by atoms with Gasteiger partial charge in [0.1, 0.15) is 0 Å². The zero-order chi connectivity index (χ0) is 8.65. The fourth-order valence-corrected chi connectivity index (χ4v) is 1.29. The van der Waals surface area contributed by atoms with E-state index in [9.17, 15) is 4.79 Å². The third kappa shape index (κ3) is 1.53. The topological polar surface area (TPSA) is 46.5 Å². The summed E-state index contributed by atoms with van der Waals surface area (Å²) in [6.07, 6.45) is 0.0301. The lowest BCUT2D eigenvalue weighted by molar-refractivity contribution is -0.153. The van der Waals surface area contributed by atoms with Crippen molar-refractivity contribution >= 4 is 5.97 Å². The van der Waals surface area contributed by atoms with Gasteiger partial charge in [-0.1, -0.05) is 6.92 Å². The van der Waals surface area contributed by atoms with Crippen molar-refractivity contribution in [2.24, 2.45) is 5.92 Å². The zero-order valence-electron chi connectivity index (χ0n) is 7.13. The summed E-state index contributed by atoms with van der Waals surface area (Å²) < 4.78 is 5.32. The fraction of sp³-hybridized carbons (Fsp3) is 0.875. The largest absolute Gasteiger partial charge is 0.479 e. The Morgan fingerprint density at radius 3 is 2.36 bits per heavy atom. The summed E-state index contributed by atoms with van der Waals surface area (Å²) in [6.45, 7) is 5.88. The SMILES string of the molecule is C[C@@H]1C[C@@H](C(=O)O)OC1(C)C. The molecule has 3 nitrogen and oxygen atoms in total. The van der Waals surface area contributed by atoms with Crippen LogP contribution >= 0.6 is 0 Å². The lowest BCUT2D eigenvalue weighted by Crippen LogP contribution is -2.27. The quantitative estimate of drug-likeness (QED) is 0.625. The van der Waals surface area contributed by atoms with Crippen LogP contribution in [0.1, 0.15) is 27.2 Å². The van der Waals surface area contributed by atoms with Gasteiger partial charge in [0.05, 0.1) is 5.60 Å². The van der Waals surface area contributed by atoms with Crippen LogP contribution in [0.25, 0.3) is 0 Å². The number of carboxylic acid groups (broad SMARTS) is 1. The lowest BCUT2D eigenvalue weighted by atomic mass is 9.92. The minimum atomic E-state index is -0.845. The van der Waals surface area contributed by atoms with Crippen LogP contribution in [-0.2, 0) is 9.53 Å². The Hall–Kier alpha value is -0.570. The molecule has 0 radical (unpaired) electrons. The molecule has 1 saturated heterocycles. The van der Waals surface area contributed by atoms with Gasteiger partial charge in [0.15, 0.2) is 6.10 Å². The molecule has 0 aromatic rings. The first-order valence-electron chi connectivity index (χ1n) is 3.84. The number of carboxylic acids is 1. The van der Waals surface area contributed by atoms with Crippen molar-refractivity contribution < 1.29 is 14.6 Å². The molecule has 0 aromatic heterocycles. The number of carbonyl (C=O) groups is 1. The van der Waals surface area contributed by atoms with Gasteiger partial charge >= 0.3 is 5.97 Å². The molecule has 1 heterocycles. The minimum Gasteiger partial charge on any atom is -0.479 e. The highest BCUT2D eigenvalue weighted by molar-refractivity contribution is 5.72. The van der Waals surface area contributed by atoms with Crippen molar-refractivity contribution in [2.45, 2.75) is 38.9 Å². The first kappa shape index (κ1) is 8.53. The molecule has 1 N–H and O–H groups in total. The van der Waals surface area contributed by atoms with Crippen molar-refractivity contribution in [3.8, 4) is 0 Å². The Morgan fingerprint density at radius 2 is 2.18 bits per heavy atom. The highest BCUT2D eigenvalue weighted by Gasteiger charge is 2.41. The number of hydrogen-bond acceptors (Lipinski definition) is 2. The highest BCUT2D eigenvalue weighted by atomic mass is 16.5.